The molecule has 0 aromatic heterocycles. The van der Waals surface area contributed by atoms with E-state index in [4.69, 9.17) is 0 Å². The molecule has 0 saturated carbocycles. The second kappa shape index (κ2) is 5.43. The Morgan fingerprint density at radius 1 is 1.67 bits per heavy atom. The highest BCUT2D eigenvalue weighted by atomic mass is 16.5. The zero-order chi connectivity index (χ0) is 7.11. The third-order valence-electron chi connectivity index (χ3n) is 0.655. The standard InChI is InChI=1S/C4H9BNO3/c1-8-3-5-6-4(7)9-2/h3H2,1-2H3,(H,6,7). The molecule has 0 fully saturated rings. The van der Waals surface area contributed by atoms with Crippen LogP contribution >= 0.6 is 0 Å². The minimum absolute atomic E-state index is 0.384. The highest BCUT2D eigenvalue weighted by Crippen LogP contribution is 1.67. The van der Waals surface area contributed by atoms with Crippen molar-refractivity contribution in [3.05, 3.63) is 0 Å². The lowest BCUT2D eigenvalue weighted by Crippen LogP contribution is -2.29. The molecular weight excluding hydrogens is 121 g/mol. The van der Waals surface area contributed by atoms with E-state index in [1.54, 1.807) is 0 Å². The predicted molar refractivity (Wildman–Crippen MR) is 33.2 cm³/mol. The Balaban J connectivity index is 2.97. The van der Waals surface area contributed by atoms with Gasteiger partial charge in [-0.3, -0.25) is 0 Å². The average molecular weight is 130 g/mol. The maximum absolute atomic E-state index is 10.3. The number of carbonyl (C=O) groups is 1. The Labute approximate surface area is 54.8 Å². The second-order valence-electron chi connectivity index (χ2n) is 1.30. The number of ether oxygens (including phenoxy) is 2. The van der Waals surface area contributed by atoms with Crippen LogP contribution in [-0.2, 0) is 9.47 Å². The minimum atomic E-state index is -0.480. The molecule has 51 valence electrons. The van der Waals surface area contributed by atoms with Gasteiger partial charge in [0.2, 0.25) is 0 Å². The monoisotopic (exact) mass is 130 g/mol. The van der Waals surface area contributed by atoms with Crippen molar-refractivity contribution in [3.8, 4) is 0 Å². The van der Waals surface area contributed by atoms with Gasteiger partial charge >= 0.3 is 6.09 Å². The van der Waals surface area contributed by atoms with Gasteiger partial charge < -0.3 is 14.7 Å². The van der Waals surface area contributed by atoms with Crippen molar-refractivity contribution in [2.75, 3.05) is 20.7 Å². The Bertz CT molecular complexity index is 87.9. The molecule has 0 aliphatic rings. The quantitative estimate of drug-likeness (QED) is 0.416. The number of rotatable bonds is 3. The lowest BCUT2D eigenvalue weighted by atomic mass is 9.98. The molecule has 9 heavy (non-hydrogen) atoms. The van der Waals surface area contributed by atoms with E-state index in [1.807, 2.05) is 0 Å². The van der Waals surface area contributed by atoms with Gasteiger partial charge in [0.05, 0.1) is 7.11 Å². The first kappa shape index (κ1) is 8.29. The Morgan fingerprint density at radius 3 is 2.78 bits per heavy atom. The van der Waals surface area contributed by atoms with E-state index in [0.29, 0.717) is 6.51 Å². The van der Waals surface area contributed by atoms with Gasteiger partial charge in [-0.1, -0.05) is 0 Å². The number of hydrogen-bond donors (Lipinski definition) is 1. The molecule has 1 radical (unpaired) electrons. The van der Waals surface area contributed by atoms with Crippen LogP contribution in [0.25, 0.3) is 0 Å². The van der Waals surface area contributed by atoms with E-state index in [-0.39, 0.29) is 0 Å². The molecule has 1 amide bonds. The Kier molecular flexibility index (Phi) is 5.01. The molecule has 0 aliphatic carbocycles. The number of amides is 1. The van der Waals surface area contributed by atoms with Gasteiger partial charge in [-0.2, -0.15) is 0 Å². The lowest BCUT2D eigenvalue weighted by molar-refractivity contribution is 0.176. The first-order chi connectivity index (χ1) is 4.31. The van der Waals surface area contributed by atoms with Gasteiger partial charge in [0.25, 0.3) is 7.41 Å². The minimum Gasteiger partial charge on any atom is -0.454 e. The summed E-state index contributed by atoms with van der Waals surface area (Å²) in [6.45, 7) is 0.384. The zero-order valence-corrected chi connectivity index (χ0v) is 5.51. The van der Waals surface area contributed by atoms with Crippen LogP contribution in [-0.4, -0.2) is 34.2 Å². The number of nitrogens with one attached hydrogen (secondary N) is 1. The van der Waals surface area contributed by atoms with Crippen LogP contribution in [0.5, 0.6) is 0 Å². The van der Waals surface area contributed by atoms with Crippen LogP contribution in [0, 0.1) is 0 Å². The van der Waals surface area contributed by atoms with Gasteiger partial charge in [-0.25, -0.2) is 4.79 Å². The Morgan fingerprint density at radius 2 is 2.33 bits per heavy atom. The fraction of sp³-hybridized carbons (Fsp3) is 0.750. The Hall–Kier alpha value is -0.705. The van der Waals surface area contributed by atoms with Crippen LogP contribution in [0.2, 0.25) is 0 Å². The largest absolute Gasteiger partial charge is 0.454 e. The third kappa shape index (κ3) is 5.16. The molecule has 0 aromatic rings. The summed E-state index contributed by atoms with van der Waals surface area (Å²) in [6, 6.07) is 0. The highest BCUT2D eigenvalue weighted by Gasteiger charge is 1.96. The van der Waals surface area contributed by atoms with Crippen LogP contribution < -0.4 is 5.23 Å². The molecule has 5 heteroatoms. The number of methoxy groups -OCH3 is 2. The number of hydrogen-bond acceptors (Lipinski definition) is 3. The van der Waals surface area contributed by atoms with E-state index < -0.39 is 6.09 Å². The van der Waals surface area contributed by atoms with Gasteiger partial charge in [0.1, 0.15) is 0 Å². The van der Waals surface area contributed by atoms with Gasteiger partial charge in [-0.05, 0) is 0 Å². The predicted octanol–water partition coefficient (Wildman–Crippen LogP) is -0.434. The average Bonchev–Trinajstić information content (AvgIpc) is 1.89. The molecule has 0 spiro atoms. The summed E-state index contributed by atoms with van der Waals surface area (Å²) in [5.41, 5.74) is 0. The molecule has 0 aliphatic heterocycles. The van der Waals surface area contributed by atoms with Crippen molar-refractivity contribution < 1.29 is 14.3 Å². The van der Waals surface area contributed by atoms with E-state index in [2.05, 4.69) is 14.7 Å². The summed E-state index contributed by atoms with van der Waals surface area (Å²) in [4.78, 5) is 10.3. The normalized spacial score (nSPS) is 8.22. The third-order valence-corrected chi connectivity index (χ3v) is 0.655. The van der Waals surface area contributed by atoms with Crippen molar-refractivity contribution in [2.45, 2.75) is 0 Å². The topological polar surface area (TPSA) is 47.6 Å². The van der Waals surface area contributed by atoms with E-state index >= 15 is 0 Å². The van der Waals surface area contributed by atoms with Crippen molar-refractivity contribution in [3.63, 3.8) is 0 Å². The molecule has 0 atom stereocenters. The first-order valence-corrected chi connectivity index (χ1v) is 2.46. The fourth-order valence-electron chi connectivity index (χ4n) is 0.267. The van der Waals surface area contributed by atoms with Gasteiger partial charge in [0.15, 0.2) is 0 Å². The maximum Gasteiger partial charge on any atom is 0.394 e. The second-order valence-corrected chi connectivity index (χ2v) is 1.30. The maximum atomic E-state index is 10.3. The smallest absolute Gasteiger partial charge is 0.394 e. The SMILES string of the molecule is COC[B]NC(=O)OC. The molecule has 0 heterocycles. The van der Waals surface area contributed by atoms with Crippen molar-refractivity contribution in [1.82, 2.24) is 5.23 Å². The molecule has 0 rings (SSSR count). The summed E-state index contributed by atoms with van der Waals surface area (Å²) >= 11 is 0. The van der Waals surface area contributed by atoms with E-state index in [0.717, 1.165) is 0 Å². The lowest BCUT2D eigenvalue weighted by Gasteiger charge is -1.98. The summed E-state index contributed by atoms with van der Waals surface area (Å²) in [7, 11) is 4.30. The van der Waals surface area contributed by atoms with Crippen LogP contribution in [0.4, 0.5) is 4.79 Å². The van der Waals surface area contributed by atoms with Crippen LogP contribution in [0.1, 0.15) is 0 Å². The number of carbonyl (C=O) groups excluding carboxylic acids is 1. The summed E-state index contributed by atoms with van der Waals surface area (Å²) in [6.07, 6.45) is -0.480. The van der Waals surface area contributed by atoms with Crippen LogP contribution in [0.3, 0.4) is 0 Å². The van der Waals surface area contributed by atoms with Gasteiger partial charge in [-0.15, -0.1) is 0 Å². The summed E-state index contributed by atoms with van der Waals surface area (Å²) in [5, 5.41) is 2.32. The summed E-state index contributed by atoms with van der Waals surface area (Å²) < 4.78 is 8.87. The van der Waals surface area contributed by atoms with Crippen molar-refractivity contribution in [2.24, 2.45) is 0 Å². The zero-order valence-electron chi connectivity index (χ0n) is 5.51. The van der Waals surface area contributed by atoms with Crippen molar-refractivity contribution in [1.29, 1.82) is 0 Å². The molecule has 0 unspecified atom stereocenters. The molecular formula is C4H9BNO3. The molecule has 4 nitrogen and oxygen atoms in total. The fourth-order valence-corrected chi connectivity index (χ4v) is 0.267. The highest BCUT2D eigenvalue weighted by molar-refractivity contribution is 6.36. The molecule has 0 bridgehead atoms. The molecule has 1 N–H and O–H groups in total. The summed E-state index contributed by atoms with van der Waals surface area (Å²) in [5.74, 6) is 0. The molecule has 0 aromatic carbocycles. The first-order valence-electron chi connectivity index (χ1n) is 2.46. The van der Waals surface area contributed by atoms with Gasteiger partial charge in [0, 0.05) is 13.6 Å². The van der Waals surface area contributed by atoms with Crippen LogP contribution in [0.15, 0.2) is 0 Å². The van der Waals surface area contributed by atoms with E-state index in [1.165, 1.54) is 21.6 Å². The van der Waals surface area contributed by atoms with Crippen molar-refractivity contribution >= 4 is 13.5 Å². The van der Waals surface area contributed by atoms with E-state index in [9.17, 15) is 4.79 Å². The molecule has 0 saturated heterocycles.